The highest BCUT2D eigenvalue weighted by atomic mass is 16.3. The van der Waals surface area contributed by atoms with E-state index < -0.39 is 28.4 Å². The Morgan fingerprint density at radius 3 is 2.48 bits per heavy atom. The van der Waals surface area contributed by atoms with Crippen LogP contribution in [-0.2, 0) is 20.6 Å². The fraction of sp³-hybridized carbons (Fsp3) is 0.167. The number of aromatic hydroxyl groups is 1. The third-order valence-corrected chi connectivity index (χ3v) is 4.29. The molecule has 0 fully saturated rings. The van der Waals surface area contributed by atoms with Crippen molar-refractivity contribution in [3.05, 3.63) is 89.2 Å². The van der Waals surface area contributed by atoms with Crippen LogP contribution in [0.25, 0.3) is 0 Å². The van der Waals surface area contributed by atoms with Gasteiger partial charge < -0.3 is 5.11 Å². The Morgan fingerprint density at radius 1 is 1.10 bits per heavy atom. The number of anilines is 1. The molecule has 0 saturated heterocycles. The summed E-state index contributed by atoms with van der Waals surface area (Å²) in [6.07, 6.45) is 0.997. The van der Waals surface area contributed by atoms with Crippen LogP contribution < -0.4 is 27.9 Å². The lowest BCUT2D eigenvalue weighted by atomic mass is 10.2. The van der Waals surface area contributed by atoms with Gasteiger partial charge in [0.05, 0.1) is 12.8 Å². The van der Waals surface area contributed by atoms with Gasteiger partial charge in [-0.3, -0.25) is 33.7 Å². The lowest BCUT2D eigenvalue weighted by Gasteiger charge is -2.10. The smallest absolute Gasteiger partial charge is 0.332 e. The molecule has 0 amide bonds. The molecule has 3 aromatic rings. The van der Waals surface area contributed by atoms with Gasteiger partial charge in [0, 0.05) is 20.2 Å². The molecule has 0 aliphatic rings. The molecular weight excluding hydrogens is 380 g/mol. The van der Waals surface area contributed by atoms with Gasteiger partial charge >= 0.3 is 11.4 Å². The van der Waals surface area contributed by atoms with E-state index in [0.29, 0.717) is 0 Å². The van der Waals surface area contributed by atoms with E-state index in [4.69, 9.17) is 0 Å². The van der Waals surface area contributed by atoms with Crippen LogP contribution in [0.5, 0.6) is 5.88 Å². The van der Waals surface area contributed by atoms with Crippen LogP contribution >= 0.6 is 0 Å². The Labute approximate surface area is 162 Å². The molecule has 0 radical (unpaired) electrons. The summed E-state index contributed by atoms with van der Waals surface area (Å²) in [5, 5.41) is 14.2. The van der Waals surface area contributed by atoms with Gasteiger partial charge in [0.25, 0.3) is 11.1 Å². The average Bonchev–Trinajstić information content (AvgIpc) is 2.70. The maximum Gasteiger partial charge on any atom is 0.332 e. The number of aromatic nitrogens is 4. The average molecular weight is 398 g/mol. The molecule has 11 nitrogen and oxygen atoms in total. The van der Waals surface area contributed by atoms with E-state index >= 15 is 0 Å². The summed E-state index contributed by atoms with van der Waals surface area (Å²) in [5.74, 6) is -0.478. The molecule has 0 atom stereocenters. The molecule has 2 heterocycles. The summed E-state index contributed by atoms with van der Waals surface area (Å²) < 4.78 is 3.07. The number of nitrogens with zero attached hydrogens (tertiary/aromatic N) is 4. The zero-order valence-corrected chi connectivity index (χ0v) is 15.6. The quantitative estimate of drug-likeness (QED) is 0.377. The Balaban J connectivity index is 1.95. The van der Waals surface area contributed by atoms with Gasteiger partial charge in [-0.2, -0.15) is 5.10 Å². The van der Waals surface area contributed by atoms with E-state index in [0.717, 1.165) is 31.5 Å². The Kier molecular flexibility index (Phi) is 5.30. The summed E-state index contributed by atoms with van der Waals surface area (Å²) in [7, 11) is 2.77. The summed E-state index contributed by atoms with van der Waals surface area (Å²) in [6.45, 7) is 0.0415. The van der Waals surface area contributed by atoms with Crippen LogP contribution in [-0.4, -0.2) is 30.0 Å². The normalized spacial score (nSPS) is 11.1. The first-order valence-corrected chi connectivity index (χ1v) is 8.45. The number of aromatic amines is 1. The molecule has 1 aromatic carbocycles. The molecule has 0 bridgehead atoms. The molecule has 0 spiro atoms. The minimum atomic E-state index is -0.833. The highest BCUT2D eigenvalue weighted by Gasteiger charge is 2.13. The highest BCUT2D eigenvalue weighted by molar-refractivity contribution is 5.82. The molecule has 0 aliphatic heterocycles. The second-order valence-corrected chi connectivity index (χ2v) is 6.21. The number of hydrazone groups is 1. The third kappa shape index (κ3) is 3.93. The van der Waals surface area contributed by atoms with Gasteiger partial charge in [-0.15, -0.1) is 0 Å². The van der Waals surface area contributed by atoms with E-state index in [-0.39, 0.29) is 17.9 Å². The van der Waals surface area contributed by atoms with E-state index in [1.54, 1.807) is 24.3 Å². The summed E-state index contributed by atoms with van der Waals surface area (Å²) >= 11 is 0. The predicted molar refractivity (Wildman–Crippen MR) is 107 cm³/mol. The fourth-order valence-corrected chi connectivity index (χ4v) is 2.61. The summed E-state index contributed by atoms with van der Waals surface area (Å²) in [6, 6.07) is 10.1. The number of benzene rings is 1. The van der Waals surface area contributed by atoms with Crippen molar-refractivity contribution in [2.45, 2.75) is 6.54 Å². The molecular formula is C18H18N6O5. The zero-order valence-electron chi connectivity index (χ0n) is 15.6. The fourth-order valence-electron chi connectivity index (χ4n) is 2.61. The first-order valence-electron chi connectivity index (χ1n) is 8.45. The Morgan fingerprint density at radius 2 is 1.79 bits per heavy atom. The highest BCUT2D eigenvalue weighted by Crippen LogP contribution is 2.11. The van der Waals surface area contributed by atoms with Crippen molar-refractivity contribution < 1.29 is 5.11 Å². The van der Waals surface area contributed by atoms with Crippen molar-refractivity contribution in [2.75, 3.05) is 5.43 Å². The van der Waals surface area contributed by atoms with E-state index in [2.05, 4.69) is 15.5 Å². The van der Waals surface area contributed by atoms with Crippen molar-refractivity contribution in [1.29, 1.82) is 0 Å². The zero-order chi connectivity index (χ0) is 21.1. The van der Waals surface area contributed by atoms with Crippen molar-refractivity contribution in [3.8, 4) is 5.88 Å². The van der Waals surface area contributed by atoms with Gasteiger partial charge in [0.2, 0.25) is 5.88 Å². The second kappa shape index (κ2) is 7.84. The standard InChI is InChI=1S/C18H18N6O5/c1-22-13(8-14(25)23(2)18(22)29)21-19-9-12-15(26)20-17(28)24(16(12)27)10-11-6-4-3-5-7-11/h3-9,21,27H,10H2,1-2H3,(H,20,26,28). The van der Waals surface area contributed by atoms with Gasteiger partial charge in [0.15, 0.2) is 0 Å². The van der Waals surface area contributed by atoms with Crippen LogP contribution in [0, 0.1) is 0 Å². The molecule has 0 unspecified atom stereocenters. The molecule has 0 saturated carbocycles. The molecule has 3 N–H and O–H groups in total. The van der Waals surface area contributed by atoms with Gasteiger partial charge in [-0.1, -0.05) is 30.3 Å². The first kappa shape index (κ1) is 19.6. The minimum absolute atomic E-state index is 0.0415. The molecule has 2 aromatic heterocycles. The number of hydrogen-bond donors (Lipinski definition) is 3. The lowest BCUT2D eigenvalue weighted by molar-refractivity contribution is 0.408. The molecule has 150 valence electrons. The number of nitrogens with one attached hydrogen (secondary N) is 2. The van der Waals surface area contributed by atoms with Gasteiger partial charge in [-0.05, 0) is 5.56 Å². The largest absolute Gasteiger partial charge is 0.494 e. The van der Waals surface area contributed by atoms with Crippen molar-refractivity contribution in [3.63, 3.8) is 0 Å². The predicted octanol–water partition coefficient (Wildman–Crippen LogP) is -0.866. The molecule has 29 heavy (non-hydrogen) atoms. The van der Waals surface area contributed by atoms with Crippen LogP contribution in [0.15, 0.2) is 60.7 Å². The number of H-pyrrole nitrogens is 1. The van der Waals surface area contributed by atoms with Gasteiger partial charge in [-0.25, -0.2) is 9.59 Å². The molecule has 11 heteroatoms. The molecule has 0 aliphatic carbocycles. The molecule has 3 rings (SSSR count). The Bertz CT molecular complexity index is 1310. The van der Waals surface area contributed by atoms with Gasteiger partial charge in [0.1, 0.15) is 11.4 Å². The maximum absolute atomic E-state index is 12.1. The first-order chi connectivity index (χ1) is 13.8. The number of hydrogen-bond acceptors (Lipinski definition) is 7. The van der Waals surface area contributed by atoms with E-state index in [1.165, 1.54) is 14.1 Å². The van der Waals surface area contributed by atoms with Crippen molar-refractivity contribution in [2.24, 2.45) is 19.2 Å². The third-order valence-electron chi connectivity index (χ3n) is 4.29. The second-order valence-electron chi connectivity index (χ2n) is 6.21. The van der Waals surface area contributed by atoms with Crippen LogP contribution in [0.4, 0.5) is 5.82 Å². The minimum Gasteiger partial charge on any atom is -0.494 e. The summed E-state index contributed by atoms with van der Waals surface area (Å²) in [4.78, 5) is 49.9. The van der Waals surface area contributed by atoms with Crippen LogP contribution in [0.1, 0.15) is 11.1 Å². The van der Waals surface area contributed by atoms with Crippen molar-refractivity contribution >= 4 is 12.0 Å². The van der Waals surface area contributed by atoms with Crippen LogP contribution in [0.3, 0.4) is 0 Å². The topological polar surface area (TPSA) is 143 Å². The van der Waals surface area contributed by atoms with E-state index in [1.807, 2.05) is 6.07 Å². The summed E-state index contributed by atoms with van der Waals surface area (Å²) in [5.41, 5.74) is 0.255. The maximum atomic E-state index is 12.1. The van der Waals surface area contributed by atoms with E-state index in [9.17, 15) is 24.3 Å². The Hall–Kier alpha value is -4.15. The van der Waals surface area contributed by atoms with Crippen LogP contribution in [0.2, 0.25) is 0 Å². The van der Waals surface area contributed by atoms with Crippen molar-refractivity contribution in [1.82, 2.24) is 18.7 Å². The monoisotopic (exact) mass is 398 g/mol. The number of rotatable bonds is 5. The SMILES string of the molecule is Cn1c(NN=Cc2c(O)n(Cc3ccccc3)c(=O)[nH]c2=O)cc(=O)n(C)c1=O. The lowest BCUT2D eigenvalue weighted by Crippen LogP contribution is -2.37.